The Morgan fingerprint density at radius 1 is 1.14 bits per heavy atom. The number of anilines is 1. The number of hydrogen-bond acceptors (Lipinski definition) is 5. The van der Waals surface area contributed by atoms with Crippen LogP contribution in [0.25, 0.3) is 0 Å². The van der Waals surface area contributed by atoms with Crippen LogP contribution in [0.3, 0.4) is 0 Å². The van der Waals surface area contributed by atoms with Gasteiger partial charge in [-0.2, -0.15) is 0 Å². The van der Waals surface area contributed by atoms with Crippen molar-refractivity contribution in [3.63, 3.8) is 0 Å². The van der Waals surface area contributed by atoms with Crippen molar-refractivity contribution in [2.45, 2.75) is 12.8 Å². The molecule has 0 fully saturated rings. The molecule has 2 aromatic rings. The molecule has 1 N–H and O–H groups in total. The molecular weight excluding hydrogens is 284 g/mol. The summed E-state index contributed by atoms with van der Waals surface area (Å²) in [4.78, 5) is 21.1. The van der Waals surface area contributed by atoms with Crippen LogP contribution in [0.4, 0.5) is 11.4 Å². The summed E-state index contributed by atoms with van der Waals surface area (Å²) in [6.45, 7) is 0.562. The Hall–Kier alpha value is -2.89. The largest absolute Gasteiger partial charge is 0.545 e. The molecule has 0 bridgehead atoms. The highest BCUT2D eigenvalue weighted by Crippen LogP contribution is 2.21. The lowest BCUT2D eigenvalue weighted by Crippen LogP contribution is -2.24. The average Bonchev–Trinajstić information content (AvgIpc) is 2.52. The zero-order valence-electron chi connectivity index (χ0n) is 11.8. The Balaban J connectivity index is 1.97. The number of aromatic carboxylic acids is 1. The minimum atomic E-state index is -1.44. The van der Waals surface area contributed by atoms with E-state index in [4.69, 9.17) is 0 Å². The molecule has 0 radical (unpaired) electrons. The van der Waals surface area contributed by atoms with Gasteiger partial charge in [0.2, 0.25) is 0 Å². The van der Waals surface area contributed by atoms with Gasteiger partial charge in [-0.25, -0.2) is 0 Å². The number of nitrogens with zero attached hydrogens (tertiary/aromatic N) is 1. The highest BCUT2D eigenvalue weighted by atomic mass is 16.6. The summed E-state index contributed by atoms with van der Waals surface area (Å²) in [5.74, 6) is -1.44. The molecule has 0 amide bonds. The van der Waals surface area contributed by atoms with E-state index >= 15 is 0 Å². The summed E-state index contributed by atoms with van der Waals surface area (Å²) in [5.41, 5.74) is 1.06. The standard InChI is InChI=1S/C16H16N2O4/c19-16(20)14-11-13(18(21)22)8-9-15(14)17-10-4-7-12-5-2-1-3-6-12/h1-3,5-6,8-9,11,17H,4,7,10H2,(H,19,20)/p-1. The first-order valence-electron chi connectivity index (χ1n) is 6.85. The van der Waals surface area contributed by atoms with Gasteiger partial charge in [0.05, 0.1) is 10.9 Å². The SMILES string of the molecule is O=C([O-])c1cc([N+](=O)[O-])ccc1NCCCc1ccccc1. The van der Waals surface area contributed by atoms with Crippen molar-refractivity contribution < 1.29 is 14.8 Å². The van der Waals surface area contributed by atoms with E-state index in [9.17, 15) is 20.0 Å². The van der Waals surface area contributed by atoms with Crippen LogP contribution in [-0.4, -0.2) is 17.4 Å². The van der Waals surface area contributed by atoms with E-state index in [-0.39, 0.29) is 11.3 Å². The van der Waals surface area contributed by atoms with Gasteiger partial charge in [0.25, 0.3) is 5.69 Å². The Kier molecular flexibility index (Phi) is 5.08. The van der Waals surface area contributed by atoms with Crippen LogP contribution in [-0.2, 0) is 6.42 Å². The van der Waals surface area contributed by atoms with E-state index in [1.165, 1.54) is 17.7 Å². The lowest BCUT2D eigenvalue weighted by Gasteiger charge is -2.12. The molecule has 0 aromatic heterocycles. The first kappa shape index (κ1) is 15.5. The topological polar surface area (TPSA) is 95.3 Å². The lowest BCUT2D eigenvalue weighted by atomic mass is 10.1. The van der Waals surface area contributed by atoms with Crippen LogP contribution >= 0.6 is 0 Å². The summed E-state index contributed by atoms with van der Waals surface area (Å²) in [6, 6.07) is 13.6. The van der Waals surface area contributed by atoms with Crippen molar-refractivity contribution in [1.82, 2.24) is 0 Å². The third kappa shape index (κ3) is 4.05. The number of carbonyl (C=O) groups excluding carboxylic acids is 1. The maximum Gasteiger partial charge on any atom is 0.270 e. The normalized spacial score (nSPS) is 10.2. The molecule has 6 nitrogen and oxygen atoms in total. The number of nitro groups is 1. The predicted molar refractivity (Wildman–Crippen MR) is 80.7 cm³/mol. The molecule has 2 aromatic carbocycles. The molecule has 0 unspecified atom stereocenters. The van der Waals surface area contributed by atoms with Crippen molar-refractivity contribution >= 4 is 17.3 Å². The van der Waals surface area contributed by atoms with Gasteiger partial charge in [0.1, 0.15) is 0 Å². The molecule has 114 valence electrons. The fraction of sp³-hybridized carbons (Fsp3) is 0.188. The maximum absolute atomic E-state index is 11.1. The van der Waals surface area contributed by atoms with E-state index in [0.717, 1.165) is 18.9 Å². The van der Waals surface area contributed by atoms with Gasteiger partial charge in [-0.15, -0.1) is 0 Å². The lowest BCUT2D eigenvalue weighted by molar-refractivity contribution is -0.385. The minimum absolute atomic E-state index is 0.200. The highest BCUT2D eigenvalue weighted by Gasteiger charge is 2.11. The van der Waals surface area contributed by atoms with Crippen LogP contribution < -0.4 is 10.4 Å². The van der Waals surface area contributed by atoms with Crippen molar-refractivity contribution in [2.75, 3.05) is 11.9 Å². The van der Waals surface area contributed by atoms with Crippen molar-refractivity contribution in [2.24, 2.45) is 0 Å². The van der Waals surface area contributed by atoms with Gasteiger partial charge >= 0.3 is 0 Å². The van der Waals surface area contributed by atoms with Gasteiger partial charge in [-0.05, 0) is 24.5 Å². The number of carboxylic acids is 1. The van der Waals surface area contributed by atoms with Crippen LogP contribution in [0.15, 0.2) is 48.5 Å². The Labute approximate surface area is 127 Å². The molecule has 0 saturated heterocycles. The van der Waals surface area contributed by atoms with Gasteiger partial charge in [0.15, 0.2) is 0 Å². The number of non-ortho nitro benzene ring substituents is 1. The van der Waals surface area contributed by atoms with E-state index in [1.54, 1.807) is 0 Å². The molecule has 0 spiro atoms. The van der Waals surface area contributed by atoms with Crippen LogP contribution in [0.5, 0.6) is 0 Å². The zero-order chi connectivity index (χ0) is 15.9. The molecule has 0 atom stereocenters. The first-order chi connectivity index (χ1) is 10.6. The third-order valence-corrected chi connectivity index (χ3v) is 3.23. The number of hydrogen-bond donors (Lipinski definition) is 1. The predicted octanol–water partition coefficient (Wildman–Crippen LogP) is 2.00. The summed E-state index contributed by atoms with van der Waals surface area (Å²) in [6.07, 6.45) is 1.68. The van der Waals surface area contributed by atoms with E-state index in [0.29, 0.717) is 12.2 Å². The fourth-order valence-electron chi connectivity index (χ4n) is 2.13. The van der Waals surface area contributed by atoms with Gasteiger partial charge in [-0.3, -0.25) is 10.1 Å². The molecule has 0 aliphatic heterocycles. The summed E-state index contributed by atoms with van der Waals surface area (Å²) in [7, 11) is 0. The fourth-order valence-corrected chi connectivity index (χ4v) is 2.13. The molecule has 2 rings (SSSR count). The molecule has 6 heteroatoms. The molecular formula is C16H15N2O4-. The second-order valence-electron chi connectivity index (χ2n) is 4.79. The smallest absolute Gasteiger partial charge is 0.270 e. The van der Waals surface area contributed by atoms with Gasteiger partial charge < -0.3 is 15.2 Å². The highest BCUT2D eigenvalue weighted by molar-refractivity contribution is 5.93. The molecule has 0 saturated carbocycles. The van der Waals surface area contributed by atoms with Crippen LogP contribution in [0.1, 0.15) is 22.3 Å². The Morgan fingerprint density at radius 2 is 1.86 bits per heavy atom. The number of carbonyl (C=O) groups is 1. The quantitative estimate of drug-likeness (QED) is 0.479. The molecule has 0 heterocycles. The van der Waals surface area contributed by atoms with E-state index in [2.05, 4.69) is 5.32 Å². The molecule has 22 heavy (non-hydrogen) atoms. The van der Waals surface area contributed by atoms with E-state index < -0.39 is 10.9 Å². The second-order valence-corrected chi connectivity index (χ2v) is 4.79. The van der Waals surface area contributed by atoms with E-state index in [1.807, 2.05) is 30.3 Å². The maximum atomic E-state index is 11.1. The van der Waals surface area contributed by atoms with Crippen molar-refractivity contribution in [1.29, 1.82) is 0 Å². The number of nitrogens with one attached hydrogen (secondary N) is 1. The Morgan fingerprint density at radius 3 is 2.50 bits per heavy atom. The van der Waals surface area contributed by atoms with Crippen molar-refractivity contribution in [3.05, 3.63) is 69.8 Å². The monoisotopic (exact) mass is 299 g/mol. The number of aryl methyl sites for hydroxylation is 1. The number of benzene rings is 2. The second kappa shape index (κ2) is 7.21. The summed E-state index contributed by atoms with van der Waals surface area (Å²) >= 11 is 0. The van der Waals surface area contributed by atoms with Crippen LogP contribution in [0.2, 0.25) is 0 Å². The first-order valence-corrected chi connectivity index (χ1v) is 6.85. The summed E-state index contributed by atoms with van der Waals surface area (Å²) < 4.78 is 0. The molecule has 0 aliphatic rings. The number of rotatable bonds is 7. The molecule has 0 aliphatic carbocycles. The Bertz CT molecular complexity index is 671. The van der Waals surface area contributed by atoms with Gasteiger partial charge in [0, 0.05) is 29.9 Å². The van der Waals surface area contributed by atoms with Gasteiger partial charge in [-0.1, -0.05) is 30.3 Å². The minimum Gasteiger partial charge on any atom is -0.545 e. The zero-order valence-corrected chi connectivity index (χ0v) is 11.8. The number of carboxylic acid groups (broad SMARTS) is 1. The summed E-state index contributed by atoms with van der Waals surface area (Å²) in [5, 5.41) is 24.7. The van der Waals surface area contributed by atoms with Crippen molar-refractivity contribution in [3.8, 4) is 0 Å². The number of nitro benzene ring substituents is 1. The average molecular weight is 299 g/mol. The third-order valence-electron chi connectivity index (χ3n) is 3.23. The van der Waals surface area contributed by atoms with Crippen LogP contribution in [0, 0.1) is 10.1 Å².